The Kier molecular flexibility index (Phi) is 8.99. The normalized spacial score (nSPS) is 10.5. The molecule has 0 radical (unpaired) electrons. The average molecular weight is 459 g/mol. The second kappa shape index (κ2) is 11.5. The van der Waals surface area contributed by atoms with E-state index in [1.807, 2.05) is 6.92 Å². The van der Waals surface area contributed by atoms with Crippen LogP contribution in [0.15, 0.2) is 24.3 Å². The van der Waals surface area contributed by atoms with E-state index in [-0.39, 0.29) is 16.3 Å². The van der Waals surface area contributed by atoms with Crippen molar-refractivity contribution in [2.45, 2.75) is 26.7 Å². The molecule has 0 spiro atoms. The van der Waals surface area contributed by atoms with E-state index in [1.165, 1.54) is 12.1 Å². The number of carbonyl (C=O) groups excluding carboxylic acids is 2. The first-order valence-electron chi connectivity index (χ1n) is 9.59. The van der Waals surface area contributed by atoms with Crippen molar-refractivity contribution in [2.75, 3.05) is 25.1 Å². The van der Waals surface area contributed by atoms with E-state index in [0.717, 1.165) is 18.9 Å². The lowest BCUT2D eigenvalue weighted by Gasteiger charge is -2.15. The molecule has 0 atom stereocenters. The average Bonchev–Trinajstić information content (AvgIpc) is 2.74. The van der Waals surface area contributed by atoms with Crippen molar-refractivity contribution in [3.63, 3.8) is 0 Å². The predicted octanol–water partition coefficient (Wildman–Crippen LogP) is 4.70. The number of anilines is 1. The van der Waals surface area contributed by atoms with Crippen molar-refractivity contribution in [1.29, 1.82) is 0 Å². The van der Waals surface area contributed by atoms with E-state index in [2.05, 4.69) is 10.6 Å². The predicted molar refractivity (Wildman–Crippen MR) is 110 cm³/mol. The lowest BCUT2D eigenvalue weighted by atomic mass is 10.2. The summed E-state index contributed by atoms with van der Waals surface area (Å²) in [5, 5.41) is 4.56. The summed E-state index contributed by atoms with van der Waals surface area (Å²) in [6, 6.07) is 4.35. The molecule has 0 saturated carbocycles. The number of benzene rings is 2. The number of unbranched alkanes of at least 4 members (excludes halogenated alkanes) is 1. The summed E-state index contributed by atoms with van der Waals surface area (Å²) in [5.74, 6) is -5.51. The highest BCUT2D eigenvalue weighted by Gasteiger charge is 2.18. The molecule has 2 N–H and O–H groups in total. The minimum atomic E-state index is -1.71. The fourth-order valence-corrected chi connectivity index (χ4v) is 2.77. The van der Waals surface area contributed by atoms with E-state index >= 15 is 0 Å². The van der Waals surface area contributed by atoms with E-state index < -0.39 is 41.5 Å². The molecule has 0 aliphatic carbocycles. The van der Waals surface area contributed by atoms with Crippen molar-refractivity contribution >= 4 is 29.1 Å². The van der Waals surface area contributed by atoms with Crippen molar-refractivity contribution in [1.82, 2.24) is 5.32 Å². The Morgan fingerprint density at radius 2 is 1.81 bits per heavy atom. The third-order valence-electron chi connectivity index (χ3n) is 4.03. The monoisotopic (exact) mass is 458 g/mol. The van der Waals surface area contributed by atoms with Gasteiger partial charge in [0.15, 0.2) is 29.0 Å². The number of rotatable bonds is 10. The molecule has 0 aromatic heterocycles. The second-order valence-electron chi connectivity index (χ2n) is 6.37. The lowest BCUT2D eigenvalue weighted by Crippen LogP contribution is -2.33. The van der Waals surface area contributed by atoms with Crippen LogP contribution in [0.4, 0.5) is 18.9 Å². The van der Waals surface area contributed by atoms with E-state index in [4.69, 9.17) is 21.1 Å². The minimum absolute atomic E-state index is 0.114. The largest absolute Gasteiger partial charge is 0.490 e. The lowest BCUT2D eigenvalue weighted by molar-refractivity contribution is -0.115. The molecule has 0 fully saturated rings. The Hall–Kier alpha value is -2.94. The third kappa shape index (κ3) is 6.52. The number of amides is 2. The van der Waals surface area contributed by atoms with Crippen LogP contribution in [0, 0.1) is 17.5 Å². The van der Waals surface area contributed by atoms with Crippen LogP contribution < -0.4 is 20.1 Å². The molecule has 0 saturated heterocycles. The van der Waals surface area contributed by atoms with Crippen LogP contribution in [0.5, 0.6) is 11.5 Å². The fraction of sp³-hybridized carbons (Fsp3) is 0.333. The zero-order valence-corrected chi connectivity index (χ0v) is 17.7. The van der Waals surface area contributed by atoms with Gasteiger partial charge in [-0.25, -0.2) is 13.2 Å². The zero-order valence-electron chi connectivity index (χ0n) is 17.0. The highest BCUT2D eigenvalue weighted by Crippen LogP contribution is 2.37. The van der Waals surface area contributed by atoms with Crippen molar-refractivity contribution in [3.05, 3.63) is 52.3 Å². The summed E-state index contributed by atoms with van der Waals surface area (Å²) in [7, 11) is 0. The SMILES string of the molecule is CCCCOc1c(Cl)cc(C(=O)NCC(=O)Nc2ccc(F)c(F)c2F)cc1OCC. The van der Waals surface area contributed by atoms with Crippen LogP contribution in [-0.2, 0) is 4.79 Å². The Morgan fingerprint density at radius 1 is 1.06 bits per heavy atom. The Morgan fingerprint density at radius 3 is 2.48 bits per heavy atom. The van der Waals surface area contributed by atoms with Crippen LogP contribution in [0.25, 0.3) is 0 Å². The van der Waals surface area contributed by atoms with Crippen LogP contribution in [0.1, 0.15) is 37.0 Å². The summed E-state index contributed by atoms with van der Waals surface area (Å²) in [4.78, 5) is 24.4. The van der Waals surface area contributed by atoms with Gasteiger partial charge in [-0.05, 0) is 37.6 Å². The topological polar surface area (TPSA) is 76.7 Å². The van der Waals surface area contributed by atoms with Crippen LogP contribution in [0.2, 0.25) is 5.02 Å². The number of nitrogens with one attached hydrogen (secondary N) is 2. The Bertz CT molecular complexity index is 957. The molecule has 31 heavy (non-hydrogen) atoms. The van der Waals surface area contributed by atoms with Gasteiger partial charge in [0.05, 0.1) is 30.5 Å². The summed E-state index contributed by atoms with van der Waals surface area (Å²) in [6.45, 7) is 3.97. The molecule has 10 heteroatoms. The van der Waals surface area contributed by atoms with Crippen molar-refractivity contribution in [3.8, 4) is 11.5 Å². The molecule has 0 aliphatic heterocycles. The van der Waals surface area contributed by atoms with Crippen LogP contribution >= 0.6 is 11.6 Å². The van der Waals surface area contributed by atoms with Crippen LogP contribution in [-0.4, -0.2) is 31.6 Å². The summed E-state index contributed by atoms with van der Waals surface area (Å²) in [5.41, 5.74) is -0.434. The molecule has 2 rings (SSSR count). The Balaban J connectivity index is 2.06. The molecule has 0 heterocycles. The first-order valence-corrected chi connectivity index (χ1v) is 9.96. The zero-order chi connectivity index (χ0) is 23.0. The molecule has 0 aliphatic rings. The summed E-state index contributed by atoms with van der Waals surface area (Å²) >= 11 is 6.24. The molecule has 2 aromatic rings. The van der Waals surface area contributed by atoms with E-state index in [0.29, 0.717) is 25.0 Å². The van der Waals surface area contributed by atoms with Crippen molar-refractivity contribution < 1.29 is 32.2 Å². The van der Waals surface area contributed by atoms with Gasteiger partial charge in [0.2, 0.25) is 5.91 Å². The molecule has 0 unspecified atom stereocenters. The van der Waals surface area contributed by atoms with Gasteiger partial charge in [-0.15, -0.1) is 0 Å². The number of halogens is 4. The first-order chi connectivity index (χ1) is 14.8. The van der Waals surface area contributed by atoms with E-state index in [1.54, 1.807) is 6.92 Å². The minimum Gasteiger partial charge on any atom is -0.490 e. The number of hydrogen-bond acceptors (Lipinski definition) is 4. The molecule has 0 bridgehead atoms. The van der Waals surface area contributed by atoms with Crippen molar-refractivity contribution in [2.24, 2.45) is 0 Å². The van der Waals surface area contributed by atoms with Gasteiger partial charge in [-0.3, -0.25) is 9.59 Å². The fourth-order valence-electron chi connectivity index (χ4n) is 2.50. The Labute approximate surface area is 182 Å². The number of carbonyl (C=O) groups is 2. The summed E-state index contributed by atoms with van der Waals surface area (Å²) in [6.07, 6.45) is 1.75. The highest BCUT2D eigenvalue weighted by atomic mass is 35.5. The quantitative estimate of drug-likeness (QED) is 0.399. The number of hydrogen-bond donors (Lipinski definition) is 2. The highest BCUT2D eigenvalue weighted by molar-refractivity contribution is 6.32. The summed E-state index contributed by atoms with van der Waals surface area (Å²) < 4.78 is 51.0. The molecule has 2 amide bonds. The molecule has 2 aromatic carbocycles. The molecule has 168 valence electrons. The molecular weight excluding hydrogens is 437 g/mol. The maximum absolute atomic E-state index is 13.6. The van der Waals surface area contributed by atoms with Gasteiger partial charge < -0.3 is 20.1 Å². The first kappa shape index (κ1) is 24.3. The number of ether oxygens (including phenoxy) is 2. The smallest absolute Gasteiger partial charge is 0.251 e. The maximum Gasteiger partial charge on any atom is 0.251 e. The van der Waals surface area contributed by atoms with Gasteiger partial charge in [0.25, 0.3) is 5.91 Å². The van der Waals surface area contributed by atoms with Gasteiger partial charge in [-0.1, -0.05) is 24.9 Å². The molecular formula is C21H22ClF3N2O4. The molecule has 6 nitrogen and oxygen atoms in total. The van der Waals surface area contributed by atoms with Gasteiger partial charge in [0.1, 0.15) is 0 Å². The van der Waals surface area contributed by atoms with Gasteiger partial charge in [0, 0.05) is 5.56 Å². The van der Waals surface area contributed by atoms with Gasteiger partial charge in [-0.2, -0.15) is 0 Å². The van der Waals surface area contributed by atoms with Crippen LogP contribution in [0.3, 0.4) is 0 Å². The standard InChI is InChI=1S/C21H22ClF3N2O4/c1-3-5-8-31-20-13(22)9-12(10-16(20)30-4-2)21(29)26-11-17(28)27-15-7-6-14(23)18(24)19(15)25/h6-7,9-10H,3-5,8,11H2,1-2H3,(H,26,29)(H,27,28). The second-order valence-corrected chi connectivity index (χ2v) is 6.78. The maximum atomic E-state index is 13.6. The third-order valence-corrected chi connectivity index (χ3v) is 4.32. The van der Waals surface area contributed by atoms with Gasteiger partial charge >= 0.3 is 0 Å². The van der Waals surface area contributed by atoms with E-state index in [9.17, 15) is 22.8 Å².